The van der Waals surface area contributed by atoms with Gasteiger partial charge in [-0.05, 0) is 20.1 Å². The first-order chi connectivity index (χ1) is 5.61. The summed E-state index contributed by atoms with van der Waals surface area (Å²) in [7, 11) is 1.50. The van der Waals surface area contributed by atoms with Gasteiger partial charge in [-0.2, -0.15) is 0 Å². The molecule has 0 aliphatic carbocycles. The number of hydrogen-bond donors (Lipinski definition) is 2. The van der Waals surface area contributed by atoms with Crippen molar-refractivity contribution in [1.29, 1.82) is 0 Å². The summed E-state index contributed by atoms with van der Waals surface area (Å²) in [6.07, 6.45) is 1.46. The second-order valence-corrected chi connectivity index (χ2v) is 3.15. The van der Waals surface area contributed by atoms with Crippen molar-refractivity contribution in [2.24, 2.45) is 0 Å². The molecule has 0 spiro atoms. The summed E-state index contributed by atoms with van der Waals surface area (Å²) in [6.45, 7) is 3.79. The summed E-state index contributed by atoms with van der Waals surface area (Å²) in [5, 5.41) is 2.32. The fraction of sp³-hybridized carbons (Fsp3) is 0.571. The molecule has 4 nitrogen and oxygen atoms in total. The number of hydroxylamine groups is 1. The molecular weight excluding hydrogens is 176 g/mol. The number of rotatable bonds is 3. The number of allylic oxidation sites excluding steroid dienone is 2. The molecular formula is C7H14N2O2S. The van der Waals surface area contributed by atoms with E-state index in [1.807, 2.05) is 20.1 Å². The van der Waals surface area contributed by atoms with Crippen molar-refractivity contribution in [1.82, 2.24) is 10.8 Å². The zero-order valence-electron chi connectivity index (χ0n) is 7.72. The Morgan fingerprint density at radius 2 is 2.00 bits per heavy atom. The van der Waals surface area contributed by atoms with Crippen LogP contribution in [0.5, 0.6) is 0 Å². The van der Waals surface area contributed by atoms with Crippen LogP contribution in [-0.2, 0) is 4.84 Å². The molecule has 0 aromatic rings. The molecule has 0 saturated heterocycles. The van der Waals surface area contributed by atoms with Gasteiger partial charge in [0.15, 0.2) is 0 Å². The predicted octanol–water partition coefficient (Wildman–Crippen LogP) is 1.46. The molecule has 12 heavy (non-hydrogen) atoms. The van der Waals surface area contributed by atoms with Crippen LogP contribution in [0.2, 0.25) is 0 Å². The highest BCUT2D eigenvalue weighted by atomic mass is 32.2. The molecule has 70 valence electrons. The third-order valence-corrected chi connectivity index (χ3v) is 2.25. The topological polar surface area (TPSA) is 50.4 Å². The van der Waals surface area contributed by atoms with Gasteiger partial charge in [-0.15, -0.1) is 11.8 Å². The number of hydrogen-bond acceptors (Lipinski definition) is 4. The third kappa shape index (κ3) is 4.12. The van der Waals surface area contributed by atoms with Crippen molar-refractivity contribution < 1.29 is 9.63 Å². The Balaban J connectivity index is 3.85. The minimum atomic E-state index is -0.497. The van der Waals surface area contributed by atoms with Gasteiger partial charge >= 0.3 is 6.09 Å². The first-order valence-corrected chi connectivity index (χ1v) is 4.70. The van der Waals surface area contributed by atoms with Crippen LogP contribution in [0.1, 0.15) is 13.8 Å². The van der Waals surface area contributed by atoms with E-state index < -0.39 is 6.09 Å². The summed E-state index contributed by atoms with van der Waals surface area (Å²) in [6, 6.07) is 0. The maximum atomic E-state index is 10.6. The van der Waals surface area contributed by atoms with E-state index in [-0.39, 0.29) is 0 Å². The Bertz CT molecular complexity index is 192. The van der Waals surface area contributed by atoms with Crippen LogP contribution in [0.25, 0.3) is 0 Å². The molecule has 0 radical (unpaired) electrons. The van der Waals surface area contributed by atoms with E-state index in [0.717, 1.165) is 10.6 Å². The van der Waals surface area contributed by atoms with Crippen LogP contribution in [0.3, 0.4) is 0 Å². The molecule has 1 amide bonds. The van der Waals surface area contributed by atoms with Crippen LogP contribution in [0, 0.1) is 0 Å². The zero-order chi connectivity index (χ0) is 9.56. The van der Waals surface area contributed by atoms with Gasteiger partial charge in [0.2, 0.25) is 0 Å². The number of thioether (sulfide) groups is 1. The summed E-state index contributed by atoms with van der Waals surface area (Å²) < 4.78 is 0. The number of amides is 1. The van der Waals surface area contributed by atoms with Crippen LogP contribution >= 0.6 is 11.8 Å². The first kappa shape index (κ1) is 11.2. The van der Waals surface area contributed by atoms with Gasteiger partial charge in [0.25, 0.3) is 0 Å². The van der Waals surface area contributed by atoms with Gasteiger partial charge < -0.3 is 10.2 Å². The molecule has 0 aromatic heterocycles. The van der Waals surface area contributed by atoms with Crippen LogP contribution in [0.15, 0.2) is 10.6 Å². The Kier molecular flexibility index (Phi) is 5.36. The quantitative estimate of drug-likeness (QED) is 0.661. The molecule has 0 rings (SSSR count). The van der Waals surface area contributed by atoms with E-state index in [2.05, 4.69) is 15.6 Å². The summed E-state index contributed by atoms with van der Waals surface area (Å²) in [5.41, 5.74) is 3.37. The molecule has 0 heterocycles. The summed E-state index contributed by atoms with van der Waals surface area (Å²) >= 11 is 1.60. The number of carbonyl (C=O) groups is 1. The van der Waals surface area contributed by atoms with E-state index in [4.69, 9.17) is 0 Å². The lowest BCUT2D eigenvalue weighted by Gasteiger charge is -2.08. The molecule has 5 heteroatoms. The smallest absolute Gasteiger partial charge is 0.325 e. The Labute approximate surface area is 76.7 Å². The fourth-order valence-electron chi connectivity index (χ4n) is 0.399. The van der Waals surface area contributed by atoms with Gasteiger partial charge in [-0.1, -0.05) is 0 Å². The van der Waals surface area contributed by atoms with Crippen molar-refractivity contribution in [3.05, 3.63) is 10.6 Å². The fourth-order valence-corrected chi connectivity index (χ4v) is 0.747. The van der Waals surface area contributed by atoms with E-state index in [0.29, 0.717) is 0 Å². The van der Waals surface area contributed by atoms with Crippen molar-refractivity contribution in [2.75, 3.05) is 13.3 Å². The van der Waals surface area contributed by atoms with Crippen molar-refractivity contribution in [3.8, 4) is 0 Å². The number of carbonyl (C=O) groups excluding carboxylic acids is 1. The van der Waals surface area contributed by atoms with Gasteiger partial charge in [-0.25, -0.2) is 10.3 Å². The highest BCUT2D eigenvalue weighted by molar-refractivity contribution is 8.02. The second-order valence-electron chi connectivity index (χ2n) is 2.13. The van der Waals surface area contributed by atoms with Crippen molar-refractivity contribution >= 4 is 17.9 Å². The monoisotopic (exact) mass is 190 g/mol. The normalized spacial score (nSPS) is 11.7. The van der Waals surface area contributed by atoms with Gasteiger partial charge in [-0.3, -0.25) is 0 Å². The first-order valence-electron chi connectivity index (χ1n) is 3.47. The third-order valence-electron chi connectivity index (χ3n) is 1.34. The summed E-state index contributed by atoms with van der Waals surface area (Å²) in [4.78, 5) is 16.3. The van der Waals surface area contributed by atoms with Crippen LogP contribution in [0.4, 0.5) is 4.79 Å². The average molecular weight is 190 g/mol. The minimum absolute atomic E-state index is 0.497. The lowest BCUT2D eigenvalue weighted by Crippen LogP contribution is -2.26. The molecule has 0 atom stereocenters. The standard InChI is InChI=1S/C7H14N2O2S/c1-5(6(2)12-4)9-11-7(10)8-3/h9H,1-4H3,(H,8,10). The van der Waals surface area contributed by atoms with Crippen molar-refractivity contribution in [2.45, 2.75) is 13.8 Å². The Hall–Kier alpha value is -0.840. The maximum Gasteiger partial charge on any atom is 0.431 e. The van der Waals surface area contributed by atoms with Gasteiger partial charge in [0.1, 0.15) is 0 Å². The molecule has 0 unspecified atom stereocenters. The molecule has 0 aromatic carbocycles. The molecule has 2 N–H and O–H groups in total. The van der Waals surface area contributed by atoms with E-state index in [9.17, 15) is 4.79 Å². The van der Waals surface area contributed by atoms with E-state index in [1.54, 1.807) is 11.8 Å². The van der Waals surface area contributed by atoms with E-state index in [1.165, 1.54) is 7.05 Å². The largest absolute Gasteiger partial charge is 0.431 e. The Morgan fingerprint density at radius 3 is 2.42 bits per heavy atom. The highest BCUT2D eigenvalue weighted by Crippen LogP contribution is 2.12. The predicted molar refractivity (Wildman–Crippen MR) is 50.6 cm³/mol. The van der Waals surface area contributed by atoms with Gasteiger partial charge in [0, 0.05) is 12.0 Å². The lowest BCUT2D eigenvalue weighted by molar-refractivity contribution is 0.107. The second kappa shape index (κ2) is 5.77. The highest BCUT2D eigenvalue weighted by Gasteiger charge is 1.99. The van der Waals surface area contributed by atoms with Crippen LogP contribution in [-0.4, -0.2) is 19.4 Å². The molecule has 0 aliphatic heterocycles. The molecule has 0 saturated carbocycles. The maximum absolute atomic E-state index is 10.6. The molecule has 0 bridgehead atoms. The van der Waals surface area contributed by atoms with E-state index >= 15 is 0 Å². The van der Waals surface area contributed by atoms with Crippen LogP contribution < -0.4 is 10.8 Å². The minimum Gasteiger partial charge on any atom is -0.325 e. The molecule has 0 aliphatic rings. The molecule has 0 fully saturated rings. The average Bonchev–Trinajstić information content (AvgIpc) is 2.11. The number of nitrogens with one attached hydrogen (secondary N) is 2. The SMILES string of the molecule is CNC(=O)ONC(C)=C(C)SC. The summed E-state index contributed by atoms with van der Waals surface area (Å²) in [5.74, 6) is 0. The zero-order valence-corrected chi connectivity index (χ0v) is 8.54. The van der Waals surface area contributed by atoms with Crippen molar-refractivity contribution in [3.63, 3.8) is 0 Å². The Morgan fingerprint density at radius 1 is 1.42 bits per heavy atom. The van der Waals surface area contributed by atoms with Gasteiger partial charge in [0.05, 0.1) is 5.70 Å². The lowest BCUT2D eigenvalue weighted by atomic mass is 10.5.